The Morgan fingerprint density at radius 3 is 2.71 bits per heavy atom. The van der Waals surface area contributed by atoms with Crippen molar-refractivity contribution >= 4 is 21.8 Å². The normalized spacial score (nSPS) is 20.7. The summed E-state index contributed by atoms with van der Waals surface area (Å²) in [6.45, 7) is 1.22. The highest BCUT2D eigenvalue weighted by Crippen LogP contribution is 2.27. The summed E-state index contributed by atoms with van der Waals surface area (Å²) in [5, 5.41) is 5.41. The van der Waals surface area contributed by atoms with Gasteiger partial charge in [-0.05, 0) is 24.5 Å². The fourth-order valence-corrected chi connectivity index (χ4v) is 4.59. The summed E-state index contributed by atoms with van der Waals surface area (Å²) in [6, 6.07) is 6.80. The molecular formula is C16H21N3O4S. The van der Waals surface area contributed by atoms with Crippen LogP contribution in [0.3, 0.4) is 0 Å². The number of carbonyl (C=O) groups excluding carboxylic acids is 2. The van der Waals surface area contributed by atoms with Gasteiger partial charge in [0.15, 0.2) is 0 Å². The fraction of sp³-hybridized carbons (Fsp3) is 0.500. The Morgan fingerprint density at radius 2 is 1.96 bits per heavy atom. The average molecular weight is 351 g/mol. The molecule has 0 aromatic heterocycles. The van der Waals surface area contributed by atoms with Crippen molar-refractivity contribution in [1.82, 2.24) is 14.9 Å². The van der Waals surface area contributed by atoms with Crippen molar-refractivity contribution < 1.29 is 18.0 Å². The van der Waals surface area contributed by atoms with E-state index in [2.05, 4.69) is 10.6 Å². The number of fused-ring (bicyclic) bond motifs is 1. The molecule has 7 nitrogen and oxygen atoms in total. The van der Waals surface area contributed by atoms with Crippen LogP contribution in [-0.4, -0.2) is 49.9 Å². The maximum absolute atomic E-state index is 12.1. The van der Waals surface area contributed by atoms with Crippen molar-refractivity contribution in [3.05, 3.63) is 35.4 Å². The summed E-state index contributed by atoms with van der Waals surface area (Å²) in [6.07, 6.45) is 1.89. The quantitative estimate of drug-likeness (QED) is 0.776. The molecule has 0 radical (unpaired) electrons. The van der Waals surface area contributed by atoms with Crippen molar-refractivity contribution in [3.8, 4) is 0 Å². The Morgan fingerprint density at radius 1 is 1.25 bits per heavy atom. The lowest BCUT2D eigenvalue weighted by atomic mass is 10.0. The van der Waals surface area contributed by atoms with Gasteiger partial charge in [0.2, 0.25) is 15.9 Å². The van der Waals surface area contributed by atoms with E-state index in [1.165, 1.54) is 4.31 Å². The van der Waals surface area contributed by atoms with E-state index < -0.39 is 10.0 Å². The first kappa shape index (κ1) is 16.9. The monoisotopic (exact) mass is 351 g/mol. The molecule has 2 amide bonds. The third-order valence-corrected chi connectivity index (χ3v) is 6.29. The minimum absolute atomic E-state index is 0.0833. The number of benzene rings is 1. The van der Waals surface area contributed by atoms with Crippen LogP contribution in [0.4, 0.5) is 0 Å². The maximum atomic E-state index is 12.1. The number of amides is 2. The van der Waals surface area contributed by atoms with Crippen LogP contribution in [0.2, 0.25) is 0 Å². The molecule has 0 aliphatic carbocycles. The van der Waals surface area contributed by atoms with Crippen LogP contribution in [0.25, 0.3) is 0 Å². The highest BCUT2D eigenvalue weighted by Gasteiger charge is 2.30. The molecular weight excluding hydrogens is 330 g/mol. The summed E-state index contributed by atoms with van der Waals surface area (Å²) in [5.74, 6) is -0.541. The molecule has 2 aliphatic rings. The molecule has 1 atom stereocenters. The van der Waals surface area contributed by atoms with E-state index >= 15 is 0 Å². The first-order valence-electron chi connectivity index (χ1n) is 8.12. The van der Waals surface area contributed by atoms with Gasteiger partial charge in [0.25, 0.3) is 5.91 Å². The summed E-state index contributed by atoms with van der Waals surface area (Å²) >= 11 is 0. The number of hydrogen-bond donors (Lipinski definition) is 2. The van der Waals surface area contributed by atoms with Crippen LogP contribution in [0.15, 0.2) is 24.3 Å². The van der Waals surface area contributed by atoms with Crippen molar-refractivity contribution in [2.75, 3.05) is 25.4 Å². The zero-order chi connectivity index (χ0) is 17.2. The van der Waals surface area contributed by atoms with E-state index in [0.717, 1.165) is 18.4 Å². The fourth-order valence-electron chi connectivity index (χ4n) is 3.15. The van der Waals surface area contributed by atoms with Crippen molar-refractivity contribution in [2.45, 2.75) is 25.3 Å². The van der Waals surface area contributed by atoms with Gasteiger partial charge in [0, 0.05) is 25.2 Å². The predicted molar refractivity (Wildman–Crippen MR) is 88.9 cm³/mol. The summed E-state index contributed by atoms with van der Waals surface area (Å²) in [4.78, 5) is 23.9. The molecule has 8 heteroatoms. The Labute approximate surface area is 141 Å². The van der Waals surface area contributed by atoms with Gasteiger partial charge in [-0.2, -0.15) is 0 Å². The molecule has 3 rings (SSSR count). The van der Waals surface area contributed by atoms with Gasteiger partial charge in [0.05, 0.1) is 18.2 Å². The molecule has 0 spiro atoms. The van der Waals surface area contributed by atoms with E-state index in [-0.39, 0.29) is 36.6 Å². The summed E-state index contributed by atoms with van der Waals surface area (Å²) < 4.78 is 25.6. The summed E-state index contributed by atoms with van der Waals surface area (Å²) in [7, 11) is -3.29. The van der Waals surface area contributed by atoms with Crippen LogP contribution in [0.5, 0.6) is 0 Å². The molecule has 130 valence electrons. The third kappa shape index (κ3) is 3.59. The van der Waals surface area contributed by atoms with E-state index in [1.807, 2.05) is 12.1 Å². The average Bonchev–Trinajstić information content (AvgIpc) is 3.18. The molecule has 2 aliphatic heterocycles. The van der Waals surface area contributed by atoms with Crippen LogP contribution in [0, 0.1) is 0 Å². The lowest BCUT2D eigenvalue weighted by Gasteiger charge is -2.16. The summed E-state index contributed by atoms with van der Waals surface area (Å²) in [5.41, 5.74) is 1.40. The SMILES string of the molecule is O=C(C[C@H]1NC(=O)c2ccccc21)NCCS(=O)(=O)N1CCCC1. The van der Waals surface area contributed by atoms with E-state index in [0.29, 0.717) is 18.7 Å². The largest absolute Gasteiger partial charge is 0.355 e. The van der Waals surface area contributed by atoms with Gasteiger partial charge in [-0.3, -0.25) is 9.59 Å². The van der Waals surface area contributed by atoms with Gasteiger partial charge in [0.1, 0.15) is 0 Å². The molecule has 24 heavy (non-hydrogen) atoms. The minimum Gasteiger partial charge on any atom is -0.355 e. The van der Waals surface area contributed by atoms with Gasteiger partial charge < -0.3 is 10.6 Å². The number of nitrogens with one attached hydrogen (secondary N) is 2. The molecule has 1 fully saturated rings. The molecule has 2 heterocycles. The standard InChI is InChI=1S/C16H21N3O4S/c20-15(17-7-10-24(22,23)19-8-3-4-9-19)11-14-12-5-1-2-6-13(12)16(21)18-14/h1-2,5-6,14H,3-4,7-11H2,(H,17,20)(H,18,21)/t14-/m1/s1. The second-order valence-corrected chi connectivity index (χ2v) is 8.18. The lowest BCUT2D eigenvalue weighted by molar-refractivity contribution is -0.121. The number of rotatable bonds is 6. The lowest BCUT2D eigenvalue weighted by Crippen LogP contribution is -2.37. The predicted octanol–water partition coefficient (Wildman–Crippen LogP) is 0.403. The molecule has 1 aromatic rings. The van der Waals surface area contributed by atoms with Crippen molar-refractivity contribution in [1.29, 1.82) is 0 Å². The second-order valence-electron chi connectivity index (χ2n) is 6.09. The van der Waals surface area contributed by atoms with Gasteiger partial charge in [-0.15, -0.1) is 0 Å². The maximum Gasteiger partial charge on any atom is 0.252 e. The third-order valence-electron chi connectivity index (χ3n) is 4.42. The Hall–Kier alpha value is -1.93. The topological polar surface area (TPSA) is 95.6 Å². The van der Waals surface area contributed by atoms with Gasteiger partial charge in [-0.1, -0.05) is 18.2 Å². The molecule has 2 N–H and O–H groups in total. The van der Waals surface area contributed by atoms with E-state index in [1.54, 1.807) is 12.1 Å². The smallest absolute Gasteiger partial charge is 0.252 e. The second kappa shape index (κ2) is 6.90. The highest BCUT2D eigenvalue weighted by atomic mass is 32.2. The van der Waals surface area contributed by atoms with Crippen LogP contribution < -0.4 is 10.6 Å². The molecule has 1 aromatic carbocycles. The number of sulfonamides is 1. The van der Waals surface area contributed by atoms with E-state index in [4.69, 9.17) is 0 Å². The Balaban J connectivity index is 1.49. The minimum atomic E-state index is -3.29. The highest BCUT2D eigenvalue weighted by molar-refractivity contribution is 7.89. The molecule has 0 saturated carbocycles. The van der Waals surface area contributed by atoms with Gasteiger partial charge >= 0.3 is 0 Å². The molecule has 1 saturated heterocycles. The molecule has 0 unspecified atom stereocenters. The zero-order valence-electron chi connectivity index (χ0n) is 13.3. The molecule has 0 bridgehead atoms. The van der Waals surface area contributed by atoms with Crippen LogP contribution in [-0.2, 0) is 14.8 Å². The first-order valence-corrected chi connectivity index (χ1v) is 9.72. The van der Waals surface area contributed by atoms with E-state index in [9.17, 15) is 18.0 Å². The number of carbonyl (C=O) groups is 2. The number of nitrogens with zero attached hydrogens (tertiary/aromatic N) is 1. The van der Waals surface area contributed by atoms with Crippen molar-refractivity contribution in [3.63, 3.8) is 0 Å². The Bertz CT molecular complexity index is 741. The Kier molecular flexibility index (Phi) is 4.86. The van der Waals surface area contributed by atoms with Crippen LogP contribution >= 0.6 is 0 Å². The van der Waals surface area contributed by atoms with Crippen molar-refractivity contribution in [2.24, 2.45) is 0 Å². The number of hydrogen-bond acceptors (Lipinski definition) is 4. The first-order chi connectivity index (χ1) is 11.5. The zero-order valence-corrected chi connectivity index (χ0v) is 14.1. The van der Waals surface area contributed by atoms with Crippen LogP contribution in [0.1, 0.15) is 41.2 Å². The van der Waals surface area contributed by atoms with Gasteiger partial charge in [-0.25, -0.2) is 12.7 Å².